The summed E-state index contributed by atoms with van der Waals surface area (Å²) < 4.78 is 5.42. The van der Waals surface area contributed by atoms with Gasteiger partial charge in [0, 0.05) is 50.5 Å². The number of fused-ring (bicyclic) bond motifs is 1. The van der Waals surface area contributed by atoms with Crippen molar-refractivity contribution in [1.29, 1.82) is 0 Å². The molecule has 5 aliphatic rings. The quantitative estimate of drug-likeness (QED) is 0.270. The lowest BCUT2D eigenvalue weighted by molar-refractivity contribution is -0.136. The predicted molar refractivity (Wildman–Crippen MR) is 193 cm³/mol. The minimum atomic E-state index is -0.971. The van der Waals surface area contributed by atoms with Crippen molar-refractivity contribution < 1.29 is 28.7 Å². The summed E-state index contributed by atoms with van der Waals surface area (Å²) in [4.78, 5) is 74.9. The number of primary amides is 1. The average molecular weight is 723 g/mol. The van der Waals surface area contributed by atoms with Gasteiger partial charge in [-0.25, -0.2) is 0 Å². The number of likely N-dealkylation sites (tertiary alicyclic amines) is 1. The Morgan fingerprint density at radius 1 is 0.868 bits per heavy atom. The number of carbonyl (C=O) groups excluding carboxylic acids is 5. The molecule has 2 unspecified atom stereocenters. The molecule has 0 bridgehead atoms. The lowest BCUT2D eigenvalue weighted by atomic mass is 9.89. The minimum absolute atomic E-state index is 0.0129. The molecule has 8 rings (SSSR count). The number of nitrogens with zero attached hydrogens (tertiary/aromatic N) is 7. The second kappa shape index (κ2) is 14.5. The van der Waals surface area contributed by atoms with Crippen LogP contribution in [0, 0.1) is 5.92 Å². The first-order valence-corrected chi connectivity index (χ1v) is 18.3. The van der Waals surface area contributed by atoms with E-state index >= 15 is 0 Å². The number of nitrogens with two attached hydrogens (primary N) is 1. The Morgan fingerprint density at radius 2 is 1.62 bits per heavy atom. The van der Waals surface area contributed by atoms with E-state index < -0.39 is 35.6 Å². The van der Waals surface area contributed by atoms with E-state index in [0.717, 1.165) is 68.3 Å². The third-order valence-electron chi connectivity index (χ3n) is 11.0. The standard InChI is InChI=1S/C37H42N10O6/c38-32(49)31-33(41-37(43-42-31)45-15-17-53-18-16-45)39-25-3-1-23(2-4-25)24-10-12-44(13-11-24)20-22-9-14-46(21-22)26-5-6-27-28(19-26)36(52)47(35(27)51)29-7-8-30(48)40-34(29)50/h1-6,19,22,24,29H,7-18,20-21H2,(H2,38,49)(H,39,41,43)(H,40,48,50). The first-order valence-electron chi connectivity index (χ1n) is 18.3. The van der Waals surface area contributed by atoms with Crippen molar-refractivity contribution in [3.63, 3.8) is 0 Å². The van der Waals surface area contributed by atoms with E-state index in [1.165, 1.54) is 5.56 Å². The summed E-state index contributed by atoms with van der Waals surface area (Å²) in [6.07, 6.45) is 3.37. The smallest absolute Gasteiger partial charge is 0.273 e. The molecule has 0 spiro atoms. The summed E-state index contributed by atoms with van der Waals surface area (Å²) in [6.45, 7) is 7.16. The van der Waals surface area contributed by atoms with Gasteiger partial charge >= 0.3 is 0 Å². The number of benzene rings is 2. The molecule has 53 heavy (non-hydrogen) atoms. The highest BCUT2D eigenvalue weighted by Crippen LogP contribution is 2.34. The van der Waals surface area contributed by atoms with Crippen LogP contribution >= 0.6 is 0 Å². The zero-order valence-electron chi connectivity index (χ0n) is 29.3. The molecule has 4 saturated heterocycles. The topological polar surface area (TPSA) is 196 Å². The maximum atomic E-state index is 13.3. The number of hydrogen-bond donors (Lipinski definition) is 3. The normalized spacial score (nSPS) is 22.7. The van der Waals surface area contributed by atoms with Crippen molar-refractivity contribution in [3.05, 3.63) is 64.8 Å². The third kappa shape index (κ3) is 7.03. The lowest BCUT2D eigenvalue weighted by Crippen LogP contribution is -2.54. The maximum Gasteiger partial charge on any atom is 0.273 e. The summed E-state index contributed by atoms with van der Waals surface area (Å²) in [7, 11) is 0. The molecule has 5 aliphatic heterocycles. The number of hydrogen-bond acceptors (Lipinski definition) is 13. The van der Waals surface area contributed by atoms with Crippen LogP contribution in [0.25, 0.3) is 0 Å². The molecule has 2 atom stereocenters. The van der Waals surface area contributed by atoms with E-state index in [4.69, 9.17) is 10.5 Å². The van der Waals surface area contributed by atoms with Crippen LogP contribution in [0.2, 0.25) is 0 Å². The molecule has 16 heteroatoms. The lowest BCUT2D eigenvalue weighted by Gasteiger charge is -2.34. The average Bonchev–Trinajstić information content (AvgIpc) is 3.74. The molecule has 6 heterocycles. The zero-order chi connectivity index (χ0) is 36.6. The number of nitrogens with one attached hydrogen (secondary N) is 2. The highest BCUT2D eigenvalue weighted by molar-refractivity contribution is 6.23. The number of piperidine rings is 2. The van der Waals surface area contributed by atoms with Crippen molar-refractivity contribution in [2.24, 2.45) is 11.7 Å². The molecule has 16 nitrogen and oxygen atoms in total. The Balaban J connectivity index is 0.835. The summed E-state index contributed by atoms with van der Waals surface area (Å²) in [5.41, 5.74) is 9.11. The number of aromatic nitrogens is 3. The fourth-order valence-corrected chi connectivity index (χ4v) is 8.13. The highest BCUT2D eigenvalue weighted by Gasteiger charge is 2.45. The van der Waals surface area contributed by atoms with Crippen molar-refractivity contribution in [1.82, 2.24) is 30.3 Å². The predicted octanol–water partition coefficient (Wildman–Crippen LogP) is 1.66. The molecule has 0 aliphatic carbocycles. The fraction of sp³-hybridized carbons (Fsp3) is 0.459. The monoisotopic (exact) mass is 722 g/mol. The fourth-order valence-electron chi connectivity index (χ4n) is 8.13. The molecular weight excluding hydrogens is 680 g/mol. The summed E-state index contributed by atoms with van der Waals surface area (Å²) >= 11 is 0. The molecule has 5 amide bonds. The van der Waals surface area contributed by atoms with Gasteiger partial charge in [-0.15, -0.1) is 10.2 Å². The van der Waals surface area contributed by atoms with E-state index in [2.05, 4.69) is 47.7 Å². The van der Waals surface area contributed by atoms with Crippen molar-refractivity contribution >= 4 is 52.7 Å². The minimum Gasteiger partial charge on any atom is -0.378 e. The van der Waals surface area contributed by atoms with Crippen LogP contribution < -0.4 is 26.2 Å². The van der Waals surface area contributed by atoms with Crippen molar-refractivity contribution in [3.8, 4) is 0 Å². The molecule has 1 aromatic heterocycles. The van der Waals surface area contributed by atoms with E-state index in [1.54, 1.807) is 12.1 Å². The molecule has 3 aromatic rings. The number of anilines is 4. The number of amides is 5. The Labute approximate surface area is 306 Å². The number of imide groups is 2. The second-order valence-corrected chi connectivity index (χ2v) is 14.4. The maximum absolute atomic E-state index is 13.3. The summed E-state index contributed by atoms with van der Waals surface area (Å²) in [5.74, 6) is -1.05. The van der Waals surface area contributed by atoms with Crippen LogP contribution in [-0.4, -0.2) is 120 Å². The van der Waals surface area contributed by atoms with Crippen LogP contribution in [-0.2, 0) is 14.3 Å². The second-order valence-electron chi connectivity index (χ2n) is 14.4. The number of carbonyl (C=O) groups is 5. The first-order chi connectivity index (χ1) is 25.7. The summed E-state index contributed by atoms with van der Waals surface area (Å²) in [6, 6.07) is 12.6. The van der Waals surface area contributed by atoms with Crippen LogP contribution in [0.15, 0.2) is 42.5 Å². The van der Waals surface area contributed by atoms with E-state index in [9.17, 15) is 24.0 Å². The Bertz CT molecular complexity index is 1940. The first kappa shape index (κ1) is 34.6. The Kier molecular flexibility index (Phi) is 9.47. The largest absolute Gasteiger partial charge is 0.378 e. The number of morpholine rings is 1. The van der Waals surface area contributed by atoms with Gasteiger partial charge in [0.25, 0.3) is 17.7 Å². The van der Waals surface area contributed by atoms with Gasteiger partial charge in [-0.2, -0.15) is 4.98 Å². The van der Waals surface area contributed by atoms with Crippen LogP contribution in [0.4, 0.5) is 23.1 Å². The zero-order valence-corrected chi connectivity index (χ0v) is 29.3. The van der Waals surface area contributed by atoms with E-state index in [1.807, 2.05) is 23.1 Å². The third-order valence-corrected chi connectivity index (χ3v) is 11.0. The Morgan fingerprint density at radius 3 is 2.36 bits per heavy atom. The molecule has 0 saturated carbocycles. The molecular formula is C37H42N10O6. The van der Waals surface area contributed by atoms with E-state index in [-0.39, 0.29) is 24.4 Å². The SMILES string of the molecule is NC(=O)c1nnc(N2CCOCC2)nc1Nc1ccc(C2CCN(CC3CCN(c4ccc5c(c4)C(=O)N(C4CCC(=O)NC4=O)C5=O)C3)CC2)cc1. The van der Waals surface area contributed by atoms with Crippen LogP contribution in [0.3, 0.4) is 0 Å². The summed E-state index contributed by atoms with van der Waals surface area (Å²) in [5, 5.41) is 13.6. The molecule has 2 aromatic carbocycles. The molecule has 276 valence electrons. The van der Waals surface area contributed by atoms with Gasteiger partial charge in [0.2, 0.25) is 17.8 Å². The van der Waals surface area contributed by atoms with Gasteiger partial charge in [-0.3, -0.25) is 34.2 Å². The number of ether oxygens (including phenoxy) is 1. The molecule has 4 N–H and O–H groups in total. The van der Waals surface area contributed by atoms with Gasteiger partial charge in [-0.1, -0.05) is 12.1 Å². The number of rotatable bonds is 9. The molecule has 0 radical (unpaired) electrons. The van der Waals surface area contributed by atoms with Crippen molar-refractivity contribution in [2.45, 2.75) is 44.1 Å². The van der Waals surface area contributed by atoms with Gasteiger partial charge < -0.3 is 30.5 Å². The van der Waals surface area contributed by atoms with Crippen molar-refractivity contribution in [2.75, 3.05) is 74.1 Å². The Hall–Kier alpha value is -5.48. The van der Waals surface area contributed by atoms with Gasteiger partial charge in [-0.05, 0) is 86.5 Å². The van der Waals surface area contributed by atoms with Gasteiger partial charge in [0.15, 0.2) is 11.5 Å². The van der Waals surface area contributed by atoms with E-state index in [0.29, 0.717) is 55.2 Å². The van der Waals surface area contributed by atoms with Gasteiger partial charge in [0.1, 0.15) is 6.04 Å². The van der Waals surface area contributed by atoms with Crippen LogP contribution in [0.1, 0.15) is 74.8 Å². The van der Waals surface area contributed by atoms with Crippen LogP contribution in [0.5, 0.6) is 0 Å². The van der Waals surface area contributed by atoms with Gasteiger partial charge in [0.05, 0.1) is 24.3 Å². The highest BCUT2D eigenvalue weighted by atomic mass is 16.5. The molecule has 4 fully saturated rings.